The first-order valence-corrected chi connectivity index (χ1v) is 10.7. The molecule has 7 nitrogen and oxygen atoms in total. The van der Waals surface area contributed by atoms with Gasteiger partial charge in [-0.15, -0.1) is 0 Å². The molecule has 0 radical (unpaired) electrons. The highest BCUT2D eigenvalue weighted by Gasteiger charge is 2.32. The van der Waals surface area contributed by atoms with Crippen LogP contribution in [0.3, 0.4) is 0 Å². The van der Waals surface area contributed by atoms with Crippen molar-refractivity contribution in [2.75, 3.05) is 31.1 Å². The molecule has 1 aromatic heterocycles. The van der Waals surface area contributed by atoms with Gasteiger partial charge in [0, 0.05) is 50.5 Å². The first-order valence-electron chi connectivity index (χ1n) is 10.7. The molecule has 1 amide bonds. The summed E-state index contributed by atoms with van der Waals surface area (Å²) in [6, 6.07) is 11.4. The Morgan fingerprint density at radius 3 is 2.43 bits per heavy atom. The van der Waals surface area contributed by atoms with E-state index < -0.39 is 0 Å². The zero-order chi connectivity index (χ0) is 20.9. The molecule has 2 heterocycles. The molecule has 0 N–H and O–H groups in total. The van der Waals surface area contributed by atoms with E-state index in [-0.39, 0.29) is 11.7 Å². The number of nitrogens with zero attached hydrogens (tertiary/aromatic N) is 4. The number of unbranched alkanes of at least 4 members (excludes halogenated alkanes) is 1. The summed E-state index contributed by atoms with van der Waals surface area (Å²) in [4.78, 5) is 32.8. The molecule has 2 aromatic rings. The largest absolute Gasteiger partial charge is 0.423 e. The Labute approximate surface area is 176 Å². The number of carbonyl (C=O) groups is 2. The van der Waals surface area contributed by atoms with Gasteiger partial charge in [0.2, 0.25) is 23.4 Å². The van der Waals surface area contributed by atoms with Crippen molar-refractivity contribution >= 4 is 17.6 Å². The molecule has 1 aromatic carbocycles. The van der Waals surface area contributed by atoms with Gasteiger partial charge in [-0.1, -0.05) is 30.3 Å². The molecule has 1 saturated carbocycles. The van der Waals surface area contributed by atoms with Crippen LogP contribution in [-0.2, 0) is 4.79 Å². The smallest absolute Gasteiger partial charge is 0.234 e. The van der Waals surface area contributed by atoms with Gasteiger partial charge < -0.3 is 14.2 Å². The van der Waals surface area contributed by atoms with Gasteiger partial charge in [0.1, 0.15) is 6.07 Å². The van der Waals surface area contributed by atoms with Crippen molar-refractivity contribution in [2.45, 2.75) is 44.4 Å². The van der Waals surface area contributed by atoms with E-state index in [1.165, 1.54) is 0 Å². The van der Waals surface area contributed by atoms with Gasteiger partial charge in [-0.05, 0) is 25.7 Å². The molecule has 1 aliphatic heterocycles. The van der Waals surface area contributed by atoms with E-state index in [1.807, 2.05) is 40.1 Å². The fourth-order valence-corrected chi connectivity index (χ4v) is 3.77. The van der Waals surface area contributed by atoms with Crippen molar-refractivity contribution in [2.24, 2.45) is 0 Å². The molecule has 4 rings (SSSR count). The monoisotopic (exact) mass is 406 g/mol. The highest BCUT2D eigenvalue weighted by Crippen LogP contribution is 2.41. The highest BCUT2D eigenvalue weighted by atomic mass is 16.4. The number of hydrogen-bond acceptors (Lipinski definition) is 6. The lowest BCUT2D eigenvalue weighted by Gasteiger charge is -2.34. The summed E-state index contributed by atoms with van der Waals surface area (Å²) in [7, 11) is 0. The SMILES string of the molecule is N#Cc1nc(C2CC2)oc1N1CCN(C(=O)CCCCC(=O)c2ccccc2)CC1. The summed E-state index contributed by atoms with van der Waals surface area (Å²) in [5.74, 6) is 1.83. The molecule has 1 saturated heterocycles. The minimum atomic E-state index is 0.124. The summed E-state index contributed by atoms with van der Waals surface area (Å²) in [5, 5.41) is 9.35. The van der Waals surface area contributed by atoms with Crippen LogP contribution >= 0.6 is 0 Å². The van der Waals surface area contributed by atoms with Crippen LogP contribution in [0, 0.1) is 11.3 Å². The third kappa shape index (κ3) is 4.70. The summed E-state index contributed by atoms with van der Waals surface area (Å²) < 4.78 is 5.86. The first kappa shape index (κ1) is 20.1. The van der Waals surface area contributed by atoms with Crippen LogP contribution in [0.2, 0.25) is 0 Å². The summed E-state index contributed by atoms with van der Waals surface area (Å²) in [6.07, 6.45) is 4.50. The lowest BCUT2D eigenvalue weighted by Crippen LogP contribution is -2.48. The van der Waals surface area contributed by atoms with Crippen LogP contribution in [0.5, 0.6) is 0 Å². The molecule has 7 heteroatoms. The summed E-state index contributed by atoms with van der Waals surface area (Å²) in [6.45, 7) is 2.47. The second kappa shape index (κ2) is 9.12. The molecule has 2 fully saturated rings. The number of nitriles is 1. The van der Waals surface area contributed by atoms with E-state index in [4.69, 9.17) is 4.42 Å². The maximum atomic E-state index is 12.5. The number of Topliss-reactive ketones (excluding diaryl/α,β-unsaturated/α-hetero) is 1. The molecule has 156 valence electrons. The van der Waals surface area contributed by atoms with E-state index in [1.54, 1.807) is 0 Å². The molecule has 2 aliphatic rings. The van der Waals surface area contributed by atoms with Crippen LogP contribution in [-0.4, -0.2) is 47.8 Å². The molecule has 1 aliphatic carbocycles. The van der Waals surface area contributed by atoms with Crippen LogP contribution in [0.25, 0.3) is 0 Å². The van der Waals surface area contributed by atoms with E-state index in [2.05, 4.69) is 11.1 Å². The molecule has 30 heavy (non-hydrogen) atoms. The second-order valence-corrected chi connectivity index (χ2v) is 7.96. The molecule has 0 bridgehead atoms. The third-order valence-electron chi connectivity index (χ3n) is 5.72. The van der Waals surface area contributed by atoms with Crippen molar-refractivity contribution in [3.8, 4) is 6.07 Å². The van der Waals surface area contributed by atoms with Crippen molar-refractivity contribution in [1.29, 1.82) is 5.26 Å². The Hall–Kier alpha value is -3.14. The number of hydrogen-bond donors (Lipinski definition) is 0. The van der Waals surface area contributed by atoms with E-state index in [0.717, 1.165) is 18.4 Å². The number of carbonyl (C=O) groups excluding carboxylic acids is 2. The number of ketones is 1. The molecular weight excluding hydrogens is 380 g/mol. The Kier molecular flexibility index (Phi) is 6.12. The van der Waals surface area contributed by atoms with Crippen LogP contribution in [0.4, 0.5) is 5.88 Å². The Balaban J connectivity index is 1.20. The van der Waals surface area contributed by atoms with Crippen molar-refractivity contribution in [1.82, 2.24) is 9.88 Å². The predicted octanol–water partition coefficient (Wildman–Crippen LogP) is 3.52. The average Bonchev–Trinajstić information content (AvgIpc) is 3.56. The Morgan fingerprint density at radius 1 is 1.07 bits per heavy atom. The number of amides is 1. The van der Waals surface area contributed by atoms with Gasteiger partial charge in [-0.2, -0.15) is 5.26 Å². The van der Waals surface area contributed by atoms with Crippen molar-refractivity contribution < 1.29 is 14.0 Å². The minimum absolute atomic E-state index is 0.124. The van der Waals surface area contributed by atoms with E-state index in [0.29, 0.717) is 75.2 Å². The van der Waals surface area contributed by atoms with Gasteiger partial charge in [0.15, 0.2) is 5.78 Å². The zero-order valence-corrected chi connectivity index (χ0v) is 17.0. The fraction of sp³-hybridized carbons (Fsp3) is 0.478. The third-order valence-corrected chi connectivity index (χ3v) is 5.72. The van der Waals surface area contributed by atoms with Crippen LogP contribution < -0.4 is 4.90 Å². The van der Waals surface area contributed by atoms with Crippen LogP contribution in [0.1, 0.15) is 66.4 Å². The van der Waals surface area contributed by atoms with Gasteiger partial charge in [-0.3, -0.25) is 9.59 Å². The van der Waals surface area contributed by atoms with Crippen molar-refractivity contribution in [3.05, 3.63) is 47.5 Å². The van der Waals surface area contributed by atoms with Gasteiger partial charge in [-0.25, -0.2) is 4.98 Å². The standard InChI is InChI=1S/C23H26N4O3/c24-16-19-23(30-22(25-19)18-10-11-18)27-14-12-26(13-15-27)21(29)9-5-4-8-20(28)17-6-2-1-3-7-17/h1-3,6-7,18H,4-5,8-15H2. The molecule has 0 spiro atoms. The van der Waals surface area contributed by atoms with Gasteiger partial charge in [0.05, 0.1) is 0 Å². The highest BCUT2D eigenvalue weighted by molar-refractivity contribution is 5.95. The van der Waals surface area contributed by atoms with Gasteiger partial charge in [0.25, 0.3) is 0 Å². The Bertz CT molecular complexity index is 935. The predicted molar refractivity (Wildman–Crippen MR) is 111 cm³/mol. The molecule has 0 atom stereocenters. The first-order chi connectivity index (χ1) is 14.7. The van der Waals surface area contributed by atoms with E-state index >= 15 is 0 Å². The number of anilines is 1. The fourth-order valence-electron chi connectivity index (χ4n) is 3.77. The number of rotatable bonds is 8. The normalized spacial score (nSPS) is 16.4. The number of benzene rings is 1. The zero-order valence-electron chi connectivity index (χ0n) is 17.0. The Morgan fingerprint density at radius 2 is 1.77 bits per heavy atom. The quantitative estimate of drug-likeness (QED) is 0.492. The summed E-state index contributed by atoms with van der Waals surface area (Å²) in [5.41, 5.74) is 1.08. The van der Waals surface area contributed by atoms with E-state index in [9.17, 15) is 14.9 Å². The topological polar surface area (TPSA) is 90.4 Å². The number of piperazine rings is 1. The van der Waals surface area contributed by atoms with Gasteiger partial charge >= 0.3 is 0 Å². The maximum Gasteiger partial charge on any atom is 0.234 e. The minimum Gasteiger partial charge on any atom is -0.423 e. The lowest BCUT2D eigenvalue weighted by molar-refractivity contribution is -0.131. The molecule has 0 unspecified atom stereocenters. The second-order valence-electron chi connectivity index (χ2n) is 7.96. The lowest BCUT2D eigenvalue weighted by atomic mass is 10.0. The molecular formula is C23H26N4O3. The number of oxazole rings is 1. The average molecular weight is 406 g/mol. The number of aromatic nitrogens is 1. The van der Waals surface area contributed by atoms with Crippen LogP contribution in [0.15, 0.2) is 34.7 Å². The summed E-state index contributed by atoms with van der Waals surface area (Å²) >= 11 is 0. The van der Waals surface area contributed by atoms with Crippen molar-refractivity contribution in [3.63, 3.8) is 0 Å². The maximum absolute atomic E-state index is 12.5.